The number of thioether (sulfide) groups is 1. The molecule has 4 heteroatoms. The predicted octanol–water partition coefficient (Wildman–Crippen LogP) is 1.84. The molecule has 1 aliphatic rings. The number of aryl methyl sites for hydroxylation is 1. The Morgan fingerprint density at radius 1 is 1.69 bits per heavy atom. The van der Waals surface area contributed by atoms with Crippen LogP contribution in [-0.2, 0) is 0 Å². The van der Waals surface area contributed by atoms with Crippen LogP contribution in [0.1, 0.15) is 24.6 Å². The molecule has 0 spiro atoms. The van der Waals surface area contributed by atoms with Crippen molar-refractivity contribution in [1.82, 2.24) is 9.78 Å². The first-order chi connectivity index (χ1) is 6.27. The normalized spacial score (nSPS) is 23.3. The van der Waals surface area contributed by atoms with E-state index in [1.165, 1.54) is 18.6 Å². The van der Waals surface area contributed by atoms with Gasteiger partial charge in [-0.05, 0) is 25.5 Å². The summed E-state index contributed by atoms with van der Waals surface area (Å²) in [6.07, 6.45) is 2.51. The summed E-state index contributed by atoms with van der Waals surface area (Å²) < 4.78 is 1.99. The molecule has 2 N–H and O–H groups in total. The van der Waals surface area contributed by atoms with Crippen molar-refractivity contribution >= 4 is 17.6 Å². The van der Waals surface area contributed by atoms with E-state index in [-0.39, 0.29) is 0 Å². The quantitative estimate of drug-likeness (QED) is 0.747. The number of anilines is 1. The minimum absolute atomic E-state index is 0.521. The minimum atomic E-state index is 0.521. The van der Waals surface area contributed by atoms with Crippen LogP contribution in [0.5, 0.6) is 0 Å². The van der Waals surface area contributed by atoms with Crippen molar-refractivity contribution in [2.24, 2.45) is 0 Å². The van der Waals surface area contributed by atoms with E-state index in [0.717, 1.165) is 17.3 Å². The number of nitrogen functional groups attached to an aromatic ring is 1. The average molecular weight is 197 g/mol. The van der Waals surface area contributed by atoms with E-state index in [1.54, 1.807) is 0 Å². The minimum Gasteiger partial charge on any atom is -0.384 e. The van der Waals surface area contributed by atoms with Crippen molar-refractivity contribution in [3.63, 3.8) is 0 Å². The number of hydrogen-bond acceptors (Lipinski definition) is 3. The van der Waals surface area contributed by atoms with Crippen molar-refractivity contribution in [2.45, 2.75) is 25.8 Å². The molecule has 0 aromatic carbocycles. The third-order valence-electron chi connectivity index (χ3n) is 2.37. The van der Waals surface area contributed by atoms with Crippen LogP contribution in [0.25, 0.3) is 0 Å². The Balaban J connectivity index is 2.18. The van der Waals surface area contributed by atoms with E-state index in [2.05, 4.69) is 5.10 Å². The van der Waals surface area contributed by atoms with E-state index in [1.807, 2.05) is 29.4 Å². The van der Waals surface area contributed by atoms with Crippen molar-refractivity contribution in [3.8, 4) is 0 Å². The molecule has 2 rings (SSSR count). The summed E-state index contributed by atoms with van der Waals surface area (Å²) in [7, 11) is 0. The lowest BCUT2D eigenvalue weighted by molar-refractivity contribution is 0.459. The molecule has 1 aromatic heterocycles. The Kier molecular flexibility index (Phi) is 2.49. The van der Waals surface area contributed by atoms with Crippen LogP contribution in [0.4, 0.5) is 5.82 Å². The second-order valence-corrected chi connectivity index (χ2v) is 4.68. The summed E-state index contributed by atoms with van der Waals surface area (Å²) in [4.78, 5) is 0. The largest absolute Gasteiger partial charge is 0.384 e. The van der Waals surface area contributed by atoms with E-state index in [4.69, 9.17) is 5.73 Å². The van der Waals surface area contributed by atoms with E-state index in [9.17, 15) is 0 Å². The molecular formula is C9H15N3S. The first-order valence-electron chi connectivity index (χ1n) is 4.67. The van der Waals surface area contributed by atoms with E-state index < -0.39 is 0 Å². The molecule has 1 fully saturated rings. The van der Waals surface area contributed by atoms with Gasteiger partial charge >= 0.3 is 0 Å². The highest BCUT2D eigenvalue weighted by Crippen LogP contribution is 2.28. The van der Waals surface area contributed by atoms with Gasteiger partial charge < -0.3 is 5.73 Å². The first-order valence-corrected chi connectivity index (χ1v) is 5.82. The fraction of sp³-hybridized carbons (Fsp3) is 0.667. The Hall–Kier alpha value is -0.640. The number of aromatic nitrogens is 2. The van der Waals surface area contributed by atoms with Crippen molar-refractivity contribution in [2.75, 3.05) is 17.2 Å². The maximum Gasteiger partial charge on any atom is 0.122 e. The maximum absolute atomic E-state index is 5.86. The zero-order valence-electron chi connectivity index (χ0n) is 7.86. The van der Waals surface area contributed by atoms with Crippen LogP contribution >= 0.6 is 11.8 Å². The van der Waals surface area contributed by atoms with Gasteiger partial charge in [-0.3, -0.25) is 0 Å². The molecule has 0 amide bonds. The number of rotatable bonds is 1. The highest BCUT2D eigenvalue weighted by Gasteiger charge is 2.18. The maximum atomic E-state index is 5.86. The van der Waals surface area contributed by atoms with Crippen LogP contribution in [0.2, 0.25) is 0 Å². The summed E-state index contributed by atoms with van der Waals surface area (Å²) in [5, 5.41) is 4.41. The van der Waals surface area contributed by atoms with Crippen LogP contribution in [0, 0.1) is 6.92 Å². The van der Waals surface area contributed by atoms with Gasteiger partial charge in [-0.2, -0.15) is 16.9 Å². The predicted molar refractivity (Wildman–Crippen MR) is 57.0 cm³/mol. The Morgan fingerprint density at radius 2 is 2.54 bits per heavy atom. The van der Waals surface area contributed by atoms with Gasteiger partial charge in [0.2, 0.25) is 0 Å². The van der Waals surface area contributed by atoms with E-state index in [0.29, 0.717) is 6.04 Å². The number of hydrogen-bond donors (Lipinski definition) is 1. The molecule has 1 atom stereocenters. The third-order valence-corrected chi connectivity index (χ3v) is 3.57. The topological polar surface area (TPSA) is 43.8 Å². The average Bonchev–Trinajstić information content (AvgIpc) is 2.47. The SMILES string of the molecule is Cc1cc(N)n(C2CCCSC2)n1. The molecule has 1 aromatic rings. The third kappa shape index (κ3) is 1.82. The first kappa shape index (κ1) is 8.94. The lowest BCUT2D eigenvalue weighted by Gasteiger charge is -2.22. The summed E-state index contributed by atoms with van der Waals surface area (Å²) in [5.41, 5.74) is 6.88. The van der Waals surface area contributed by atoms with Gasteiger partial charge in [0.15, 0.2) is 0 Å². The molecule has 0 bridgehead atoms. The van der Waals surface area contributed by atoms with Gasteiger partial charge in [-0.15, -0.1) is 0 Å². The molecule has 13 heavy (non-hydrogen) atoms. The fourth-order valence-corrected chi connectivity index (χ4v) is 2.86. The molecule has 3 nitrogen and oxygen atoms in total. The smallest absolute Gasteiger partial charge is 0.122 e. The van der Waals surface area contributed by atoms with Crippen LogP contribution < -0.4 is 5.73 Å². The lowest BCUT2D eigenvalue weighted by atomic mass is 10.2. The van der Waals surface area contributed by atoms with Gasteiger partial charge in [0, 0.05) is 11.8 Å². The number of nitrogens with two attached hydrogens (primary N) is 1. The summed E-state index contributed by atoms with van der Waals surface area (Å²) in [6, 6.07) is 2.46. The van der Waals surface area contributed by atoms with Gasteiger partial charge in [0.05, 0.1) is 11.7 Å². The highest BCUT2D eigenvalue weighted by atomic mass is 32.2. The van der Waals surface area contributed by atoms with Gasteiger partial charge in [0.25, 0.3) is 0 Å². The second kappa shape index (κ2) is 3.62. The van der Waals surface area contributed by atoms with Crippen LogP contribution in [0.3, 0.4) is 0 Å². The standard InChI is InChI=1S/C9H15N3S/c1-7-5-9(10)12(11-7)8-3-2-4-13-6-8/h5,8H,2-4,6,10H2,1H3. The lowest BCUT2D eigenvalue weighted by Crippen LogP contribution is -2.18. The fourth-order valence-electron chi connectivity index (χ4n) is 1.75. The zero-order chi connectivity index (χ0) is 9.26. The van der Waals surface area contributed by atoms with Crippen molar-refractivity contribution in [3.05, 3.63) is 11.8 Å². The van der Waals surface area contributed by atoms with Gasteiger partial charge in [-0.1, -0.05) is 0 Å². The highest BCUT2D eigenvalue weighted by molar-refractivity contribution is 7.99. The van der Waals surface area contributed by atoms with Gasteiger partial charge in [-0.25, -0.2) is 4.68 Å². The van der Waals surface area contributed by atoms with Crippen molar-refractivity contribution < 1.29 is 0 Å². The van der Waals surface area contributed by atoms with Crippen LogP contribution in [-0.4, -0.2) is 21.3 Å². The summed E-state index contributed by atoms with van der Waals surface area (Å²) in [6.45, 7) is 1.99. The molecule has 0 radical (unpaired) electrons. The summed E-state index contributed by atoms with van der Waals surface area (Å²) >= 11 is 2.00. The molecule has 1 aliphatic heterocycles. The molecule has 0 saturated carbocycles. The Bertz CT molecular complexity index is 289. The molecule has 72 valence electrons. The summed E-state index contributed by atoms with van der Waals surface area (Å²) in [5.74, 6) is 3.26. The number of nitrogens with zero attached hydrogens (tertiary/aromatic N) is 2. The van der Waals surface area contributed by atoms with E-state index >= 15 is 0 Å². The van der Waals surface area contributed by atoms with Crippen molar-refractivity contribution in [1.29, 1.82) is 0 Å². The van der Waals surface area contributed by atoms with Gasteiger partial charge in [0.1, 0.15) is 5.82 Å². The van der Waals surface area contributed by atoms with Crippen LogP contribution in [0.15, 0.2) is 6.07 Å². The molecule has 0 aliphatic carbocycles. The second-order valence-electron chi connectivity index (χ2n) is 3.53. The monoisotopic (exact) mass is 197 g/mol. The Labute approximate surface area is 82.7 Å². The Morgan fingerprint density at radius 3 is 3.08 bits per heavy atom. The molecule has 1 saturated heterocycles. The molecule has 1 unspecified atom stereocenters. The zero-order valence-corrected chi connectivity index (χ0v) is 8.68. The molecular weight excluding hydrogens is 182 g/mol. The molecule has 2 heterocycles.